The molecule has 0 saturated carbocycles. The Hall–Kier alpha value is -1.11. The number of nitrogens with zero attached hydrogens (tertiary/aromatic N) is 2. The molecule has 4 nitrogen and oxygen atoms in total. The van der Waals surface area contributed by atoms with E-state index in [1.807, 2.05) is 0 Å². The van der Waals surface area contributed by atoms with Crippen LogP contribution in [0.15, 0.2) is 17.1 Å². The zero-order chi connectivity index (χ0) is 11.4. The summed E-state index contributed by atoms with van der Waals surface area (Å²) in [6, 6.07) is 0. The lowest BCUT2D eigenvalue weighted by atomic mass is 10.2. The van der Waals surface area contributed by atoms with Crippen molar-refractivity contribution in [3.63, 3.8) is 0 Å². The molecular formula is C10H11N3OS2. The van der Waals surface area contributed by atoms with Crippen LogP contribution in [0.3, 0.4) is 0 Å². The van der Waals surface area contributed by atoms with Crippen LogP contribution in [0, 0.1) is 0 Å². The number of carbonyl (C=O) groups is 1. The Morgan fingerprint density at radius 3 is 3.00 bits per heavy atom. The van der Waals surface area contributed by atoms with Crippen LogP contribution in [0.25, 0.3) is 0 Å². The smallest absolute Gasteiger partial charge is 0.187 e. The zero-order valence-electron chi connectivity index (χ0n) is 8.55. The molecule has 0 saturated heterocycles. The highest BCUT2D eigenvalue weighted by Crippen LogP contribution is 2.14. The first-order valence-electron chi connectivity index (χ1n) is 4.84. The predicted octanol–water partition coefficient (Wildman–Crippen LogP) is 1.53. The van der Waals surface area contributed by atoms with E-state index in [1.54, 1.807) is 17.1 Å². The number of hydrogen-bond acceptors (Lipinski definition) is 6. The van der Waals surface area contributed by atoms with Crippen molar-refractivity contribution < 1.29 is 4.79 Å². The molecule has 0 unspecified atom stereocenters. The van der Waals surface area contributed by atoms with E-state index in [9.17, 15) is 4.79 Å². The standard InChI is InChI=1S/C10H11N3OS2/c11-2-1-10-13-8(5-15-10)9(14)3-7-4-12-6-16-7/h4-6H,1-3,11H2. The highest BCUT2D eigenvalue weighted by molar-refractivity contribution is 7.10. The molecular weight excluding hydrogens is 242 g/mol. The van der Waals surface area contributed by atoms with Gasteiger partial charge in [-0.2, -0.15) is 0 Å². The Morgan fingerprint density at radius 2 is 2.31 bits per heavy atom. The Bertz CT molecular complexity index is 464. The van der Waals surface area contributed by atoms with Gasteiger partial charge in [-0.3, -0.25) is 9.78 Å². The summed E-state index contributed by atoms with van der Waals surface area (Å²) in [5.74, 6) is 0.0452. The van der Waals surface area contributed by atoms with Crippen LogP contribution in [0.5, 0.6) is 0 Å². The maximum atomic E-state index is 11.8. The number of rotatable bonds is 5. The molecule has 2 aromatic heterocycles. The molecule has 0 amide bonds. The lowest BCUT2D eigenvalue weighted by Crippen LogP contribution is -2.05. The number of thiazole rings is 2. The Kier molecular flexibility index (Phi) is 3.76. The predicted molar refractivity (Wildman–Crippen MR) is 65.0 cm³/mol. The largest absolute Gasteiger partial charge is 0.330 e. The minimum atomic E-state index is 0.0452. The molecule has 0 fully saturated rings. The van der Waals surface area contributed by atoms with Crippen molar-refractivity contribution in [2.45, 2.75) is 12.8 Å². The third-order valence-corrected chi connectivity index (χ3v) is 3.70. The lowest BCUT2D eigenvalue weighted by Gasteiger charge is -1.93. The molecule has 0 aliphatic rings. The maximum absolute atomic E-state index is 11.8. The molecule has 2 heterocycles. The fraction of sp³-hybridized carbons (Fsp3) is 0.300. The minimum absolute atomic E-state index is 0.0452. The van der Waals surface area contributed by atoms with E-state index in [4.69, 9.17) is 5.73 Å². The van der Waals surface area contributed by atoms with Gasteiger partial charge >= 0.3 is 0 Å². The summed E-state index contributed by atoms with van der Waals surface area (Å²) in [6.07, 6.45) is 2.84. The van der Waals surface area contributed by atoms with E-state index in [2.05, 4.69) is 9.97 Å². The Balaban J connectivity index is 2.03. The topological polar surface area (TPSA) is 68.9 Å². The van der Waals surface area contributed by atoms with Gasteiger partial charge in [0, 0.05) is 29.3 Å². The molecule has 0 spiro atoms. The van der Waals surface area contributed by atoms with Crippen LogP contribution < -0.4 is 5.73 Å². The van der Waals surface area contributed by atoms with Gasteiger partial charge in [-0.05, 0) is 6.54 Å². The molecule has 6 heteroatoms. The van der Waals surface area contributed by atoms with E-state index < -0.39 is 0 Å². The number of Topliss-reactive ketones (excluding diaryl/α,β-unsaturated/α-hetero) is 1. The second-order valence-corrected chi connectivity index (χ2v) is 5.15. The van der Waals surface area contributed by atoms with E-state index in [1.165, 1.54) is 22.7 Å². The maximum Gasteiger partial charge on any atom is 0.187 e. The second kappa shape index (κ2) is 5.29. The van der Waals surface area contributed by atoms with Crippen molar-refractivity contribution in [3.05, 3.63) is 32.7 Å². The van der Waals surface area contributed by atoms with Gasteiger partial charge in [-0.1, -0.05) is 0 Å². The molecule has 84 valence electrons. The van der Waals surface area contributed by atoms with Crippen LogP contribution in [0.2, 0.25) is 0 Å². The van der Waals surface area contributed by atoms with Crippen molar-refractivity contribution in [2.75, 3.05) is 6.54 Å². The average Bonchev–Trinajstić information content (AvgIpc) is 2.89. The normalized spacial score (nSPS) is 10.6. The number of carbonyl (C=O) groups excluding carboxylic acids is 1. The van der Waals surface area contributed by atoms with Crippen molar-refractivity contribution in [3.8, 4) is 0 Å². The van der Waals surface area contributed by atoms with Crippen molar-refractivity contribution in [1.82, 2.24) is 9.97 Å². The van der Waals surface area contributed by atoms with E-state index in [0.29, 0.717) is 18.7 Å². The summed E-state index contributed by atoms with van der Waals surface area (Å²) in [5, 5.41) is 2.73. The lowest BCUT2D eigenvalue weighted by molar-refractivity contribution is 0.0989. The third-order valence-electron chi connectivity index (χ3n) is 2.01. The van der Waals surface area contributed by atoms with Gasteiger partial charge in [0.15, 0.2) is 5.78 Å². The first kappa shape index (κ1) is 11.4. The first-order valence-corrected chi connectivity index (χ1v) is 6.60. The van der Waals surface area contributed by atoms with Gasteiger partial charge in [-0.25, -0.2) is 4.98 Å². The third kappa shape index (κ3) is 2.72. The number of nitrogens with two attached hydrogens (primary N) is 1. The van der Waals surface area contributed by atoms with Gasteiger partial charge < -0.3 is 5.73 Å². The molecule has 0 radical (unpaired) electrons. The SMILES string of the molecule is NCCc1nc(C(=O)Cc2cncs2)cs1. The van der Waals surface area contributed by atoms with Gasteiger partial charge in [0.2, 0.25) is 0 Å². The Labute approximate surface area is 101 Å². The fourth-order valence-electron chi connectivity index (χ4n) is 1.26. The van der Waals surface area contributed by atoms with Crippen molar-refractivity contribution in [2.24, 2.45) is 5.73 Å². The van der Waals surface area contributed by atoms with Crippen molar-refractivity contribution in [1.29, 1.82) is 0 Å². The molecule has 2 N–H and O–H groups in total. The van der Waals surface area contributed by atoms with Gasteiger partial charge in [0.25, 0.3) is 0 Å². The highest BCUT2D eigenvalue weighted by Gasteiger charge is 2.11. The molecule has 0 atom stereocenters. The summed E-state index contributed by atoms with van der Waals surface area (Å²) in [4.78, 5) is 21.0. The van der Waals surface area contributed by atoms with Crippen LogP contribution in [-0.4, -0.2) is 22.3 Å². The van der Waals surface area contributed by atoms with E-state index in [-0.39, 0.29) is 5.78 Å². The second-order valence-electron chi connectivity index (χ2n) is 3.23. The number of aromatic nitrogens is 2. The Morgan fingerprint density at radius 1 is 1.44 bits per heavy atom. The molecule has 16 heavy (non-hydrogen) atoms. The van der Waals surface area contributed by atoms with Crippen LogP contribution in [0.1, 0.15) is 20.4 Å². The molecule has 0 bridgehead atoms. The van der Waals surface area contributed by atoms with Crippen LogP contribution in [-0.2, 0) is 12.8 Å². The number of hydrogen-bond donors (Lipinski definition) is 1. The quantitative estimate of drug-likeness (QED) is 0.820. The van der Waals surface area contributed by atoms with Gasteiger partial charge in [0.05, 0.1) is 10.5 Å². The average molecular weight is 253 g/mol. The highest BCUT2D eigenvalue weighted by atomic mass is 32.1. The molecule has 0 aliphatic heterocycles. The monoisotopic (exact) mass is 253 g/mol. The summed E-state index contributed by atoms with van der Waals surface area (Å²) in [5.41, 5.74) is 7.70. The van der Waals surface area contributed by atoms with Crippen molar-refractivity contribution >= 4 is 28.5 Å². The summed E-state index contributed by atoms with van der Waals surface area (Å²) in [7, 11) is 0. The van der Waals surface area contributed by atoms with E-state index >= 15 is 0 Å². The minimum Gasteiger partial charge on any atom is -0.330 e. The van der Waals surface area contributed by atoms with E-state index in [0.717, 1.165) is 16.3 Å². The molecule has 2 rings (SSSR count). The summed E-state index contributed by atoms with van der Waals surface area (Å²) < 4.78 is 0. The fourth-order valence-corrected chi connectivity index (χ4v) is 2.67. The first-order chi connectivity index (χ1) is 7.79. The van der Waals surface area contributed by atoms with Gasteiger partial charge in [-0.15, -0.1) is 22.7 Å². The van der Waals surface area contributed by atoms with Gasteiger partial charge in [0.1, 0.15) is 5.69 Å². The zero-order valence-corrected chi connectivity index (χ0v) is 10.2. The number of ketones is 1. The van der Waals surface area contributed by atoms with Crippen LogP contribution in [0.4, 0.5) is 0 Å². The molecule has 0 aliphatic carbocycles. The summed E-state index contributed by atoms with van der Waals surface area (Å²) in [6.45, 7) is 0.565. The summed E-state index contributed by atoms with van der Waals surface area (Å²) >= 11 is 2.98. The molecule has 2 aromatic rings. The molecule has 0 aromatic carbocycles. The van der Waals surface area contributed by atoms with Crippen LogP contribution >= 0.6 is 22.7 Å².